The first kappa shape index (κ1) is 14.9. The van der Waals surface area contributed by atoms with Crippen molar-refractivity contribution in [3.05, 3.63) is 40.5 Å². The first-order chi connectivity index (χ1) is 11.2. The molecule has 2 bridgehead atoms. The number of halogens is 1. The molecule has 7 heteroatoms. The fourth-order valence-corrected chi connectivity index (χ4v) is 4.23. The molecule has 2 aliphatic rings. The van der Waals surface area contributed by atoms with Crippen LogP contribution in [0.4, 0.5) is 0 Å². The Balaban J connectivity index is 1.40. The number of carbonyl (C=O) groups is 1. The van der Waals surface area contributed by atoms with Crippen molar-refractivity contribution in [3.8, 4) is 10.8 Å². The van der Waals surface area contributed by atoms with Gasteiger partial charge in [0.2, 0.25) is 0 Å². The van der Waals surface area contributed by atoms with Gasteiger partial charge < -0.3 is 15.4 Å². The molecular weight excluding hydrogens is 334 g/mol. The molecule has 3 atom stereocenters. The van der Waals surface area contributed by atoms with Gasteiger partial charge in [0.25, 0.3) is 5.91 Å². The van der Waals surface area contributed by atoms with Crippen LogP contribution in [0.25, 0.3) is 0 Å². The van der Waals surface area contributed by atoms with E-state index in [-0.39, 0.29) is 11.9 Å². The van der Waals surface area contributed by atoms with E-state index in [0.717, 1.165) is 12.8 Å². The van der Waals surface area contributed by atoms with E-state index in [1.807, 2.05) is 0 Å². The van der Waals surface area contributed by atoms with Crippen LogP contribution >= 0.6 is 22.9 Å². The molecule has 120 valence electrons. The first-order valence-electron chi connectivity index (χ1n) is 7.62. The highest BCUT2D eigenvalue weighted by Crippen LogP contribution is 2.31. The summed E-state index contributed by atoms with van der Waals surface area (Å²) in [6.07, 6.45) is 6.54. The Kier molecular flexibility index (Phi) is 3.97. The normalized spacial score (nSPS) is 25.5. The van der Waals surface area contributed by atoms with E-state index >= 15 is 0 Å². The molecule has 0 aliphatic carbocycles. The number of aromatic nitrogens is 1. The van der Waals surface area contributed by atoms with E-state index in [1.165, 1.54) is 17.8 Å². The zero-order chi connectivity index (χ0) is 15.8. The lowest BCUT2D eigenvalue weighted by Crippen LogP contribution is -2.42. The molecular formula is C16H16ClN3O2S. The molecule has 4 heterocycles. The van der Waals surface area contributed by atoms with Crippen LogP contribution in [0, 0.1) is 0 Å². The third-order valence-corrected chi connectivity index (χ3v) is 5.49. The number of pyridine rings is 1. The fourth-order valence-electron chi connectivity index (χ4n) is 3.28. The van der Waals surface area contributed by atoms with Crippen molar-refractivity contribution in [2.45, 2.75) is 37.4 Å². The smallest absolute Gasteiger partial charge is 0.261 e. The SMILES string of the molecule is O=C(NC1CC2CCC1N2)c1ccc(Oc2cncc(Cl)c2)s1. The summed E-state index contributed by atoms with van der Waals surface area (Å²) in [6, 6.07) is 6.51. The van der Waals surface area contributed by atoms with Gasteiger partial charge in [-0.1, -0.05) is 22.9 Å². The predicted molar refractivity (Wildman–Crippen MR) is 89.5 cm³/mol. The Morgan fingerprint density at radius 3 is 3.04 bits per heavy atom. The molecule has 0 saturated carbocycles. The topological polar surface area (TPSA) is 63.2 Å². The number of fused-ring (bicyclic) bond motifs is 2. The van der Waals surface area contributed by atoms with Crippen LogP contribution in [0.15, 0.2) is 30.6 Å². The van der Waals surface area contributed by atoms with Crippen LogP contribution in [0.5, 0.6) is 10.8 Å². The summed E-state index contributed by atoms with van der Waals surface area (Å²) in [4.78, 5) is 17.0. The van der Waals surface area contributed by atoms with Crippen LogP contribution in [0.1, 0.15) is 28.9 Å². The van der Waals surface area contributed by atoms with Crippen molar-refractivity contribution in [2.24, 2.45) is 0 Å². The van der Waals surface area contributed by atoms with Gasteiger partial charge in [-0.15, -0.1) is 0 Å². The van der Waals surface area contributed by atoms with Crippen LogP contribution in [-0.2, 0) is 0 Å². The Morgan fingerprint density at radius 1 is 1.39 bits per heavy atom. The molecule has 2 aromatic rings. The number of thiophene rings is 1. The fraction of sp³-hybridized carbons (Fsp3) is 0.375. The number of rotatable bonds is 4. The monoisotopic (exact) mass is 349 g/mol. The number of hydrogen-bond donors (Lipinski definition) is 2. The molecule has 0 radical (unpaired) electrons. The minimum atomic E-state index is -0.0339. The Bertz CT molecular complexity index is 736. The van der Waals surface area contributed by atoms with Crippen LogP contribution in [0.2, 0.25) is 5.02 Å². The maximum atomic E-state index is 12.4. The van der Waals surface area contributed by atoms with Gasteiger partial charge in [0.15, 0.2) is 5.06 Å². The van der Waals surface area contributed by atoms with E-state index in [1.54, 1.807) is 30.6 Å². The van der Waals surface area contributed by atoms with E-state index in [4.69, 9.17) is 16.3 Å². The van der Waals surface area contributed by atoms with Gasteiger partial charge in [-0.25, -0.2) is 0 Å². The van der Waals surface area contributed by atoms with Gasteiger partial charge in [0.05, 0.1) is 16.1 Å². The van der Waals surface area contributed by atoms with Crippen molar-refractivity contribution in [1.29, 1.82) is 0 Å². The second-order valence-corrected chi connectivity index (χ2v) is 7.41. The summed E-state index contributed by atoms with van der Waals surface area (Å²) >= 11 is 7.20. The Labute approximate surface area is 143 Å². The molecule has 2 aromatic heterocycles. The molecule has 23 heavy (non-hydrogen) atoms. The number of amides is 1. The number of nitrogens with one attached hydrogen (secondary N) is 2. The van der Waals surface area contributed by atoms with Crippen LogP contribution in [-0.4, -0.2) is 29.0 Å². The van der Waals surface area contributed by atoms with Crippen molar-refractivity contribution in [1.82, 2.24) is 15.6 Å². The third-order valence-electron chi connectivity index (χ3n) is 4.32. The molecule has 2 fully saturated rings. The highest BCUT2D eigenvalue weighted by Gasteiger charge is 2.39. The van der Waals surface area contributed by atoms with Gasteiger partial charge in [-0.2, -0.15) is 0 Å². The van der Waals surface area contributed by atoms with Crippen molar-refractivity contribution in [2.75, 3.05) is 0 Å². The summed E-state index contributed by atoms with van der Waals surface area (Å²) in [5, 5.41) is 7.81. The van der Waals surface area contributed by atoms with Crippen LogP contribution < -0.4 is 15.4 Å². The zero-order valence-electron chi connectivity index (χ0n) is 12.3. The van der Waals surface area contributed by atoms with Gasteiger partial charge in [-0.3, -0.25) is 9.78 Å². The molecule has 0 spiro atoms. The second-order valence-electron chi connectivity index (χ2n) is 5.92. The molecule has 2 saturated heterocycles. The number of ether oxygens (including phenoxy) is 1. The summed E-state index contributed by atoms with van der Waals surface area (Å²) in [5.41, 5.74) is 0. The maximum Gasteiger partial charge on any atom is 0.261 e. The van der Waals surface area contributed by atoms with Gasteiger partial charge in [0.1, 0.15) is 5.75 Å². The number of hydrogen-bond acceptors (Lipinski definition) is 5. The van der Waals surface area contributed by atoms with Gasteiger partial charge >= 0.3 is 0 Å². The molecule has 2 N–H and O–H groups in total. The molecule has 2 aliphatic heterocycles. The molecule has 1 amide bonds. The Morgan fingerprint density at radius 2 is 2.30 bits per heavy atom. The Hall–Kier alpha value is -1.63. The minimum Gasteiger partial charge on any atom is -0.445 e. The lowest BCUT2D eigenvalue weighted by molar-refractivity contribution is 0.0935. The van der Waals surface area contributed by atoms with Gasteiger partial charge in [0, 0.05) is 30.4 Å². The lowest BCUT2D eigenvalue weighted by Gasteiger charge is -2.20. The van der Waals surface area contributed by atoms with Crippen molar-refractivity contribution in [3.63, 3.8) is 0 Å². The minimum absolute atomic E-state index is 0.0339. The van der Waals surface area contributed by atoms with Gasteiger partial charge in [-0.05, 0) is 31.4 Å². The molecule has 5 nitrogen and oxygen atoms in total. The van der Waals surface area contributed by atoms with Crippen molar-refractivity contribution >= 4 is 28.8 Å². The lowest BCUT2D eigenvalue weighted by atomic mass is 9.95. The second kappa shape index (κ2) is 6.11. The van der Waals surface area contributed by atoms with E-state index in [2.05, 4.69) is 15.6 Å². The standard InChI is InChI=1S/C16H16ClN3O2S/c17-9-5-11(8-18-7-9)22-15-4-3-14(23-15)16(21)20-13-6-10-1-2-12(13)19-10/h3-5,7-8,10,12-13,19H,1-2,6H2,(H,20,21). The maximum absolute atomic E-state index is 12.4. The largest absolute Gasteiger partial charge is 0.445 e. The first-order valence-corrected chi connectivity index (χ1v) is 8.82. The third kappa shape index (κ3) is 3.20. The summed E-state index contributed by atoms with van der Waals surface area (Å²) in [5.74, 6) is 0.525. The quantitative estimate of drug-likeness (QED) is 0.889. The molecule has 0 aromatic carbocycles. The van der Waals surface area contributed by atoms with Crippen LogP contribution in [0.3, 0.4) is 0 Å². The highest BCUT2D eigenvalue weighted by atomic mass is 35.5. The molecule has 4 rings (SSSR count). The molecule has 3 unspecified atom stereocenters. The summed E-state index contributed by atoms with van der Waals surface area (Å²) in [6.45, 7) is 0. The van der Waals surface area contributed by atoms with E-state index < -0.39 is 0 Å². The number of carbonyl (C=O) groups excluding carboxylic acids is 1. The average Bonchev–Trinajstić information content (AvgIpc) is 3.23. The van der Waals surface area contributed by atoms with E-state index in [0.29, 0.717) is 32.8 Å². The average molecular weight is 350 g/mol. The number of nitrogens with zero attached hydrogens (tertiary/aromatic N) is 1. The summed E-state index contributed by atoms with van der Waals surface area (Å²) in [7, 11) is 0. The van der Waals surface area contributed by atoms with Crippen molar-refractivity contribution < 1.29 is 9.53 Å². The summed E-state index contributed by atoms with van der Waals surface area (Å²) < 4.78 is 5.69. The zero-order valence-corrected chi connectivity index (χ0v) is 13.9. The highest BCUT2D eigenvalue weighted by molar-refractivity contribution is 7.15. The predicted octanol–water partition coefficient (Wildman–Crippen LogP) is 3.21. The van der Waals surface area contributed by atoms with E-state index in [9.17, 15) is 4.79 Å².